The molecule has 3 N–H and O–H groups in total. The van der Waals surface area contributed by atoms with Gasteiger partial charge in [-0.25, -0.2) is 20.0 Å². The summed E-state index contributed by atoms with van der Waals surface area (Å²) >= 11 is 0. The maximum absolute atomic E-state index is 9.52. The fourth-order valence-corrected chi connectivity index (χ4v) is 2.35. The molecule has 0 aromatic heterocycles. The molecule has 1 saturated carbocycles. The number of aliphatic imine (C=N–C) groups is 4. The fraction of sp³-hybridized carbons (Fsp3) is 0.600. The van der Waals surface area contributed by atoms with E-state index in [0.29, 0.717) is 18.0 Å². The molecule has 1 aliphatic carbocycles. The summed E-state index contributed by atoms with van der Waals surface area (Å²) in [5, 5.41) is 9.52. The van der Waals surface area contributed by atoms with E-state index in [-0.39, 0.29) is 12.0 Å². The van der Waals surface area contributed by atoms with Crippen molar-refractivity contribution in [2.24, 2.45) is 31.6 Å². The first-order valence-corrected chi connectivity index (χ1v) is 5.40. The van der Waals surface area contributed by atoms with Crippen molar-refractivity contribution in [1.82, 2.24) is 0 Å². The lowest BCUT2D eigenvalue weighted by atomic mass is 9.99. The van der Waals surface area contributed by atoms with E-state index in [4.69, 9.17) is 5.73 Å². The predicted molar refractivity (Wildman–Crippen MR) is 62.1 cm³/mol. The van der Waals surface area contributed by atoms with Crippen LogP contribution in [0.3, 0.4) is 0 Å². The number of aliphatic hydroxyl groups excluding tert-OH is 1. The minimum Gasteiger partial charge on any atom is -0.393 e. The van der Waals surface area contributed by atoms with Crippen LogP contribution in [-0.4, -0.2) is 41.1 Å². The second-order valence-electron chi connectivity index (χ2n) is 4.40. The van der Waals surface area contributed by atoms with Crippen LogP contribution in [0, 0.1) is 5.92 Å². The van der Waals surface area contributed by atoms with Crippen LogP contribution < -0.4 is 5.73 Å². The molecule has 0 aromatic rings. The number of rotatable bonds is 1. The average Bonchev–Trinajstić information content (AvgIpc) is 2.85. The SMILES string of the molecule is NC1(C2CCC(O)C2)N=CC2=NC=NC2=N1. The van der Waals surface area contributed by atoms with E-state index in [1.54, 1.807) is 6.21 Å². The molecular formula is C10H13N5O. The lowest BCUT2D eigenvalue weighted by Gasteiger charge is -2.29. The van der Waals surface area contributed by atoms with Gasteiger partial charge in [-0.05, 0) is 19.3 Å². The number of aliphatic hydroxyl groups is 1. The third-order valence-corrected chi connectivity index (χ3v) is 3.29. The Hall–Kier alpha value is -1.40. The predicted octanol–water partition coefficient (Wildman–Crippen LogP) is -0.274. The van der Waals surface area contributed by atoms with Gasteiger partial charge in [0.2, 0.25) is 5.79 Å². The highest BCUT2D eigenvalue weighted by molar-refractivity contribution is 6.65. The summed E-state index contributed by atoms with van der Waals surface area (Å²) in [5.41, 5.74) is 6.82. The molecule has 0 aromatic carbocycles. The molecule has 0 bridgehead atoms. The number of nitrogens with two attached hydrogens (primary N) is 1. The van der Waals surface area contributed by atoms with Crippen molar-refractivity contribution >= 4 is 24.1 Å². The van der Waals surface area contributed by atoms with Crippen LogP contribution in [0.5, 0.6) is 0 Å². The number of hydrogen-bond acceptors (Lipinski definition) is 6. The Morgan fingerprint density at radius 2 is 2.31 bits per heavy atom. The van der Waals surface area contributed by atoms with Crippen LogP contribution in [-0.2, 0) is 0 Å². The summed E-state index contributed by atoms with van der Waals surface area (Å²) in [4.78, 5) is 16.6. The molecule has 0 amide bonds. The maximum atomic E-state index is 9.52. The van der Waals surface area contributed by atoms with E-state index in [1.165, 1.54) is 6.34 Å². The fourth-order valence-electron chi connectivity index (χ4n) is 2.35. The van der Waals surface area contributed by atoms with Crippen LogP contribution in [0.1, 0.15) is 19.3 Å². The van der Waals surface area contributed by atoms with Gasteiger partial charge < -0.3 is 5.11 Å². The van der Waals surface area contributed by atoms with E-state index in [1.807, 2.05) is 0 Å². The molecular weight excluding hydrogens is 206 g/mol. The summed E-state index contributed by atoms with van der Waals surface area (Å²) in [6.07, 6.45) is 5.08. The molecule has 1 fully saturated rings. The number of amidine groups is 1. The van der Waals surface area contributed by atoms with Crippen molar-refractivity contribution in [3.63, 3.8) is 0 Å². The molecule has 0 saturated heterocycles. The Balaban J connectivity index is 1.89. The van der Waals surface area contributed by atoms with E-state index in [0.717, 1.165) is 12.8 Å². The molecule has 2 aliphatic heterocycles. The Labute approximate surface area is 92.7 Å². The molecule has 2 heterocycles. The highest BCUT2D eigenvalue weighted by Crippen LogP contribution is 2.35. The third-order valence-electron chi connectivity index (χ3n) is 3.29. The lowest BCUT2D eigenvalue weighted by molar-refractivity contribution is 0.167. The van der Waals surface area contributed by atoms with Gasteiger partial charge in [0.15, 0.2) is 5.84 Å². The Bertz CT molecular complexity index is 438. The zero-order valence-corrected chi connectivity index (χ0v) is 8.74. The first-order chi connectivity index (χ1) is 7.67. The van der Waals surface area contributed by atoms with Gasteiger partial charge in [-0.2, -0.15) is 0 Å². The van der Waals surface area contributed by atoms with Crippen molar-refractivity contribution in [1.29, 1.82) is 0 Å². The zero-order chi connectivity index (χ0) is 11.2. The minimum absolute atomic E-state index is 0.0867. The van der Waals surface area contributed by atoms with Crippen LogP contribution in [0.25, 0.3) is 0 Å². The summed E-state index contributed by atoms with van der Waals surface area (Å²) in [6.45, 7) is 0. The first kappa shape index (κ1) is 9.80. The second-order valence-corrected chi connectivity index (χ2v) is 4.40. The van der Waals surface area contributed by atoms with E-state index in [2.05, 4.69) is 20.0 Å². The largest absolute Gasteiger partial charge is 0.393 e. The van der Waals surface area contributed by atoms with Crippen molar-refractivity contribution < 1.29 is 5.11 Å². The van der Waals surface area contributed by atoms with Crippen molar-refractivity contribution in [2.75, 3.05) is 0 Å². The van der Waals surface area contributed by atoms with E-state index < -0.39 is 5.79 Å². The highest BCUT2D eigenvalue weighted by atomic mass is 16.3. The molecule has 16 heavy (non-hydrogen) atoms. The quantitative estimate of drug-likeness (QED) is 0.634. The molecule has 84 valence electrons. The topological polar surface area (TPSA) is 95.7 Å². The van der Waals surface area contributed by atoms with Crippen LogP contribution in [0.4, 0.5) is 0 Å². The lowest BCUT2D eigenvalue weighted by Crippen LogP contribution is -2.46. The van der Waals surface area contributed by atoms with Gasteiger partial charge in [0, 0.05) is 5.92 Å². The normalized spacial score (nSPS) is 40.9. The van der Waals surface area contributed by atoms with Crippen molar-refractivity contribution in [3.05, 3.63) is 0 Å². The highest BCUT2D eigenvalue weighted by Gasteiger charge is 2.41. The Kier molecular flexibility index (Phi) is 2.02. The minimum atomic E-state index is -0.965. The molecule has 3 aliphatic rings. The van der Waals surface area contributed by atoms with Crippen molar-refractivity contribution in [3.8, 4) is 0 Å². The summed E-state index contributed by atoms with van der Waals surface area (Å²) < 4.78 is 0. The molecule has 6 heteroatoms. The Morgan fingerprint density at radius 1 is 1.44 bits per heavy atom. The third kappa shape index (κ3) is 1.42. The maximum Gasteiger partial charge on any atom is 0.207 e. The monoisotopic (exact) mass is 219 g/mol. The zero-order valence-electron chi connectivity index (χ0n) is 8.74. The smallest absolute Gasteiger partial charge is 0.207 e. The van der Waals surface area contributed by atoms with Gasteiger partial charge in [-0.15, -0.1) is 0 Å². The molecule has 3 rings (SSSR count). The average molecular weight is 219 g/mol. The van der Waals surface area contributed by atoms with Gasteiger partial charge >= 0.3 is 0 Å². The van der Waals surface area contributed by atoms with Gasteiger partial charge in [0.25, 0.3) is 0 Å². The standard InChI is InChI=1S/C10H13N5O/c11-10(6-1-2-7(16)3-6)14-4-8-9(15-10)13-5-12-8/h4-7,16H,1-3,11H2. The summed E-state index contributed by atoms with van der Waals surface area (Å²) in [7, 11) is 0. The van der Waals surface area contributed by atoms with Gasteiger partial charge in [0.1, 0.15) is 12.1 Å². The van der Waals surface area contributed by atoms with E-state index in [9.17, 15) is 5.11 Å². The van der Waals surface area contributed by atoms with Gasteiger partial charge in [-0.3, -0.25) is 5.73 Å². The molecule has 0 radical (unpaired) electrons. The van der Waals surface area contributed by atoms with Crippen LogP contribution >= 0.6 is 0 Å². The molecule has 3 unspecified atom stereocenters. The molecule has 6 nitrogen and oxygen atoms in total. The number of hydrogen-bond donors (Lipinski definition) is 2. The first-order valence-electron chi connectivity index (χ1n) is 5.40. The molecule has 0 spiro atoms. The van der Waals surface area contributed by atoms with Gasteiger partial charge in [-0.1, -0.05) is 0 Å². The number of fused-ring (bicyclic) bond motifs is 1. The van der Waals surface area contributed by atoms with Gasteiger partial charge in [0.05, 0.1) is 12.3 Å². The Morgan fingerprint density at radius 3 is 3.06 bits per heavy atom. The summed E-state index contributed by atoms with van der Waals surface area (Å²) in [5.74, 6) is -0.324. The summed E-state index contributed by atoms with van der Waals surface area (Å²) in [6, 6.07) is 0. The van der Waals surface area contributed by atoms with Crippen molar-refractivity contribution in [2.45, 2.75) is 31.2 Å². The second kappa shape index (κ2) is 3.29. The number of nitrogens with zero attached hydrogens (tertiary/aromatic N) is 4. The van der Waals surface area contributed by atoms with Crippen LogP contribution in [0.15, 0.2) is 20.0 Å². The van der Waals surface area contributed by atoms with Crippen LogP contribution in [0.2, 0.25) is 0 Å². The molecule has 3 atom stereocenters. The van der Waals surface area contributed by atoms with E-state index >= 15 is 0 Å².